The fraction of sp³-hybridized carbons (Fsp3) is 0.556. The van der Waals surface area contributed by atoms with Crippen LogP contribution >= 0.6 is 23.2 Å². The first-order valence-electron chi connectivity index (χ1n) is 7.96. The first kappa shape index (κ1) is 19.2. The number of rotatable bonds is 4. The molecule has 1 aliphatic heterocycles. The van der Waals surface area contributed by atoms with E-state index < -0.39 is 5.54 Å². The molecule has 1 aromatic carbocycles. The Morgan fingerprint density at radius 3 is 2.58 bits per heavy atom. The summed E-state index contributed by atoms with van der Waals surface area (Å²) in [5.41, 5.74) is 0.914. The number of nitrogens with zero attached hydrogens (tertiary/aromatic N) is 3. The average molecular weight is 368 g/mol. The predicted molar refractivity (Wildman–Crippen MR) is 97.7 cm³/mol. The number of halogens is 2. The van der Waals surface area contributed by atoms with Crippen molar-refractivity contribution in [2.45, 2.75) is 58.0 Å². The molecular weight excluding hydrogens is 345 g/mol. The van der Waals surface area contributed by atoms with Gasteiger partial charge in [-0.25, -0.2) is 0 Å². The third-order valence-corrected chi connectivity index (χ3v) is 5.84. The van der Waals surface area contributed by atoms with E-state index in [0.717, 1.165) is 17.7 Å². The highest BCUT2D eigenvalue weighted by Gasteiger charge is 2.51. The lowest BCUT2D eigenvalue weighted by Gasteiger charge is -2.36. The van der Waals surface area contributed by atoms with E-state index in [0.29, 0.717) is 22.9 Å². The van der Waals surface area contributed by atoms with Gasteiger partial charge in [-0.05, 0) is 58.1 Å². The highest BCUT2D eigenvalue weighted by molar-refractivity contribution is 6.42. The molecule has 1 heterocycles. The van der Waals surface area contributed by atoms with Crippen molar-refractivity contribution in [1.29, 1.82) is 5.26 Å². The number of aliphatic imine (C=N–C) groups is 1. The van der Waals surface area contributed by atoms with E-state index in [-0.39, 0.29) is 11.5 Å². The van der Waals surface area contributed by atoms with Gasteiger partial charge in [-0.3, -0.25) is 0 Å². The first-order chi connectivity index (χ1) is 11.1. The molecule has 1 aliphatic rings. The fourth-order valence-electron chi connectivity index (χ4n) is 3.63. The molecule has 1 unspecified atom stereocenters. The standard InChI is InChI=1S/C18H23Cl2N3O/c1-17(2)10-13(18(3,4)23(17)24)9-14(22-11-21)8-12-6-5-7-15(19)16(12)20/h5-7,13,24H,8-10H2,1-4H3. The lowest BCUT2D eigenvalue weighted by molar-refractivity contribution is -0.196. The van der Waals surface area contributed by atoms with Crippen molar-refractivity contribution in [2.75, 3.05) is 0 Å². The zero-order valence-corrected chi connectivity index (χ0v) is 16.0. The molecule has 0 aliphatic carbocycles. The van der Waals surface area contributed by atoms with Crippen LogP contribution in [0.15, 0.2) is 23.2 Å². The Labute approximate surface area is 153 Å². The van der Waals surface area contributed by atoms with E-state index in [9.17, 15) is 5.21 Å². The van der Waals surface area contributed by atoms with Crippen LogP contribution in [0.5, 0.6) is 0 Å². The minimum atomic E-state index is -0.391. The second-order valence-electron chi connectivity index (χ2n) is 7.55. The quantitative estimate of drug-likeness (QED) is 0.593. The molecule has 0 bridgehead atoms. The lowest BCUT2D eigenvalue weighted by Crippen LogP contribution is -2.47. The summed E-state index contributed by atoms with van der Waals surface area (Å²) in [4.78, 5) is 4.01. The molecule has 1 atom stereocenters. The second kappa shape index (κ2) is 7.01. The van der Waals surface area contributed by atoms with E-state index in [1.807, 2.05) is 46.0 Å². The largest absolute Gasteiger partial charge is 0.313 e. The van der Waals surface area contributed by atoms with Crippen LogP contribution in [-0.2, 0) is 6.42 Å². The highest BCUT2D eigenvalue weighted by atomic mass is 35.5. The topological polar surface area (TPSA) is 59.6 Å². The van der Waals surface area contributed by atoms with Crippen LogP contribution in [0.2, 0.25) is 10.0 Å². The monoisotopic (exact) mass is 367 g/mol. The zero-order chi connectivity index (χ0) is 18.1. The molecular formula is C18H23Cl2N3O. The van der Waals surface area contributed by atoms with Crippen molar-refractivity contribution >= 4 is 28.9 Å². The van der Waals surface area contributed by atoms with Gasteiger partial charge in [-0.2, -0.15) is 15.3 Å². The molecule has 130 valence electrons. The van der Waals surface area contributed by atoms with Gasteiger partial charge in [-0.15, -0.1) is 0 Å². The van der Waals surface area contributed by atoms with Crippen LogP contribution in [0, 0.1) is 17.4 Å². The summed E-state index contributed by atoms with van der Waals surface area (Å²) < 4.78 is 0. The zero-order valence-electron chi connectivity index (χ0n) is 14.5. The minimum Gasteiger partial charge on any atom is -0.313 e. The summed E-state index contributed by atoms with van der Waals surface area (Å²) in [7, 11) is 0. The Balaban J connectivity index is 2.23. The third kappa shape index (κ3) is 3.75. The van der Waals surface area contributed by atoms with Gasteiger partial charge in [0.05, 0.1) is 10.0 Å². The molecule has 1 fully saturated rings. The normalized spacial score (nSPS) is 23.2. The van der Waals surface area contributed by atoms with Gasteiger partial charge in [0.15, 0.2) is 0 Å². The molecule has 1 N–H and O–H groups in total. The molecule has 0 spiro atoms. The summed E-state index contributed by atoms with van der Waals surface area (Å²) in [6.07, 6.45) is 3.82. The van der Waals surface area contributed by atoms with Gasteiger partial charge < -0.3 is 5.21 Å². The van der Waals surface area contributed by atoms with E-state index in [1.54, 1.807) is 6.07 Å². The van der Waals surface area contributed by atoms with Crippen LogP contribution in [0.1, 0.15) is 46.1 Å². The van der Waals surface area contributed by atoms with Crippen molar-refractivity contribution in [2.24, 2.45) is 10.9 Å². The van der Waals surface area contributed by atoms with E-state index >= 15 is 0 Å². The van der Waals surface area contributed by atoms with E-state index in [4.69, 9.17) is 28.5 Å². The van der Waals surface area contributed by atoms with Gasteiger partial charge in [0.25, 0.3) is 0 Å². The van der Waals surface area contributed by atoms with Gasteiger partial charge >= 0.3 is 0 Å². The lowest BCUT2D eigenvalue weighted by atomic mass is 9.82. The van der Waals surface area contributed by atoms with Crippen LogP contribution in [0.25, 0.3) is 0 Å². The SMILES string of the molecule is CC1(C)CC(CC(Cc2cccc(Cl)c2Cl)=NC#N)C(C)(C)N1O. The molecule has 0 saturated carbocycles. The predicted octanol–water partition coefficient (Wildman–Crippen LogP) is 5.12. The van der Waals surface area contributed by atoms with Gasteiger partial charge in [-0.1, -0.05) is 35.3 Å². The molecule has 1 aromatic rings. The average Bonchev–Trinajstić information content (AvgIpc) is 2.64. The van der Waals surface area contributed by atoms with Crippen LogP contribution in [-0.4, -0.2) is 27.1 Å². The Bertz CT molecular complexity index is 692. The number of benzene rings is 1. The van der Waals surface area contributed by atoms with Gasteiger partial charge in [0, 0.05) is 23.2 Å². The molecule has 0 radical (unpaired) electrons. The van der Waals surface area contributed by atoms with Crippen molar-refractivity contribution in [1.82, 2.24) is 5.06 Å². The maximum Gasteiger partial charge on any atom is 0.205 e. The van der Waals surface area contributed by atoms with Crippen molar-refractivity contribution < 1.29 is 5.21 Å². The maximum atomic E-state index is 10.5. The maximum absolute atomic E-state index is 10.5. The van der Waals surface area contributed by atoms with E-state index in [1.165, 1.54) is 5.06 Å². The van der Waals surface area contributed by atoms with Crippen LogP contribution in [0.3, 0.4) is 0 Å². The van der Waals surface area contributed by atoms with Crippen molar-refractivity contribution in [3.8, 4) is 6.19 Å². The molecule has 1 saturated heterocycles. The summed E-state index contributed by atoms with van der Waals surface area (Å²) in [5.74, 6) is 0.183. The molecule has 2 rings (SSSR count). The minimum absolute atomic E-state index is 0.183. The number of hydrogen-bond donors (Lipinski definition) is 1. The first-order valence-corrected chi connectivity index (χ1v) is 8.72. The third-order valence-electron chi connectivity index (χ3n) is 4.98. The summed E-state index contributed by atoms with van der Waals surface area (Å²) in [6.45, 7) is 8.07. The number of hydrogen-bond acceptors (Lipinski definition) is 4. The second-order valence-corrected chi connectivity index (χ2v) is 8.34. The highest BCUT2D eigenvalue weighted by Crippen LogP contribution is 2.45. The van der Waals surface area contributed by atoms with Crippen LogP contribution in [0.4, 0.5) is 0 Å². The smallest absolute Gasteiger partial charge is 0.205 e. The summed E-state index contributed by atoms with van der Waals surface area (Å²) >= 11 is 12.3. The Morgan fingerprint density at radius 1 is 1.38 bits per heavy atom. The Hall–Kier alpha value is -1.12. The number of nitriles is 1. The molecule has 24 heavy (non-hydrogen) atoms. The Morgan fingerprint density at radius 2 is 2.04 bits per heavy atom. The summed E-state index contributed by atoms with van der Waals surface area (Å²) in [6, 6.07) is 5.47. The molecule has 4 nitrogen and oxygen atoms in total. The summed E-state index contributed by atoms with van der Waals surface area (Å²) in [5, 5.41) is 21.9. The van der Waals surface area contributed by atoms with Gasteiger partial charge in [0.1, 0.15) is 0 Å². The van der Waals surface area contributed by atoms with Crippen LogP contribution < -0.4 is 0 Å². The fourth-order valence-corrected chi connectivity index (χ4v) is 4.02. The van der Waals surface area contributed by atoms with Crippen molar-refractivity contribution in [3.05, 3.63) is 33.8 Å². The molecule has 6 heteroatoms. The number of hydroxylamine groups is 2. The van der Waals surface area contributed by atoms with Gasteiger partial charge in [0.2, 0.25) is 6.19 Å². The Kier molecular flexibility index (Phi) is 5.61. The van der Waals surface area contributed by atoms with E-state index in [2.05, 4.69) is 4.99 Å². The van der Waals surface area contributed by atoms with Crippen molar-refractivity contribution in [3.63, 3.8) is 0 Å². The molecule has 0 aromatic heterocycles. The molecule has 0 amide bonds.